The molecule has 0 aliphatic rings. The van der Waals surface area contributed by atoms with Crippen molar-refractivity contribution in [1.82, 2.24) is 0 Å². The zero-order valence-electron chi connectivity index (χ0n) is 7.57. The molecule has 1 aromatic rings. The molecule has 0 saturated heterocycles. The summed E-state index contributed by atoms with van der Waals surface area (Å²) in [5.74, 6) is 0.443. The minimum Gasteiger partial charge on any atom is -0.204 e. The summed E-state index contributed by atoms with van der Waals surface area (Å²) in [4.78, 5) is 0. The second-order valence-electron chi connectivity index (χ2n) is 3.16. The zero-order chi connectivity index (χ0) is 10.0. The molecular weight excluding hydrogens is 170 g/mol. The van der Waals surface area contributed by atoms with Crippen LogP contribution < -0.4 is 0 Å². The van der Waals surface area contributed by atoms with Crippen molar-refractivity contribution < 1.29 is 8.78 Å². The van der Waals surface area contributed by atoms with Crippen LogP contribution in [0.5, 0.6) is 0 Å². The lowest BCUT2D eigenvalue weighted by Gasteiger charge is -2.06. The maximum atomic E-state index is 12.9. The van der Waals surface area contributed by atoms with E-state index < -0.39 is 11.6 Å². The zero-order valence-corrected chi connectivity index (χ0v) is 7.57. The van der Waals surface area contributed by atoms with E-state index in [1.165, 1.54) is 12.1 Å². The van der Waals surface area contributed by atoms with Crippen molar-refractivity contribution in [1.29, 1.82) is 0 Å². The largest absolute Gasteiger partial charge is 0.204 e. The molecule has 68 valence electrons. The quantitative estimate of drug-likeness (QED) is 0.582. The van der Waals surface area contributed by atoms with Gasteiger partial charge in [-0.3, -0.25) is 0 Å². The Morgan fingerprint density at radius 3 is 2.38 bits per heavy atom. The van der Waals surface area contributed by atoms with E-state index in [2.05, 4.69) is 5.92 Å². The topological polar surface area (TPSA) is 0 Å². The standard InChI is InChI=1S/C11H10F2/c1-4-8-5-9(7(2)3)6-10(12)11(8)13/h1,5-7H,2-3H3. The molecule has 0 saturated carbocycles. The van der Waals surface area contributed by atoms with E-state index in [4.69, 9.17) is 6.42 Å². The monoisotopic (exact) mass is 180 g/mol. The molecule has 0 aliphatic heterocycles. The Morgan fingerprint density at radius 2 is 1.92 bits per heavy atom. The molecule has 0 nitrogen and oxygen atoms in total. The van der Waals surface area contributed by atoms with Crippen molar-refractivity contribution in [3.05, 3.63) is 34.9 Å². The maximum Gasteiger partial charge on any atom is 0.174 e. The van der Waals surface area contributed by atoms with Gasteiger partial charge in [0.2, 0.25) is 0 Å². The fourth-order valence-electron chi connectivity index (χ4n) is 1.05. The molecule has 0 radical (unpaired) electrons. The average molecular weight is 180 g/mol. The Morgan fingerprint density at radius 1 is 1.31 bits per heavy atom. The molecule has 2 heteroatoms. The lowest BCUT2D eigenvalue weighted by atomic mass is 10.0. The van der Waals surface area contributed by atoms with Gasteiger partial charge >= 0.3 is 0 Å². The fourth-order valence-corrected chi connectivity index (χ4v) is 1.05. The SMILES string of the molecule is C#Cc1cc(C(C)C)cc(F)c1F. The van der Waals surface area contributed by atoms with E-state index in [1.54, 1.807) is 0 Å². The van der Waals surface area contributed by atoms with Crippen molar-refractivity contribution in [2.75, 3.05) is 0 Å². The molecule has 0 heterocycles. The van der Waals surface area contributed by atoms with Crippen LogP contribution in [-0.4, -0.2) is 0 Å². The van der Waals surface area contributed by atoms with Gasteiger partial charge in [0.05, 0.1) is 5.56 Å². The van der Waals surface area contributed by atoms with Gasteiger partial charge in [0, 0.05) is 0 Å². The first-order valence-corrected chi connectivity index (χ1v) is 4.01. The summed E-state index contributed by atoms with van der Waals surface area (Å²) in [6.07, 6.45) is 5.03. The first-order chi connectivity index (χ1) is 6.06. The number of hydrogen-bond acceptors (Lipinski definition) is 0. The minimum absolute atomic E-state index is 0.0105. The second kappa shape index (κ2) is 3.57. The van der Waals surface area contributed by atoms with Crippen molar-refractivity contribution in [2.45, 2.75) is 19.8 Å². The molecule has 0 aliphatic carbocycles. The number of halogens is 2. The van der Waals surface area contributed by atoms with Crippen LogP contribution in [-0.2, 0) is 0 Å². The molecule has 0 fully saturated rings. The Labute approximate surface area is 76.6 Å². The van der Waals surface area contributed by atoms with Crippen molar-refractivity contribution >= 4 is 0 Å². The van der Waals surface area contributed by atoms with Gasteiger partial charge in [-0.25, -0.2) is 8.78 Å². The molecule has 1 aromatic carbocycles. The number of hydrogen-bond donors (Lipinski definition) is 0. The molecule has 0 unspecified atom stereocenters. The van der Waals surface area contributed by atoms with Crippen LogP contribution in [0.25, 0.3) is 0 Å². The molecule has 0 bridgehead atoms. The molecule has 0 aromatic heterocycles. The fraction of sp³-hybridized carbons (Fsp3) is 0.273. The van der Waals surface area contributed by atoms with Crippen LogP contribution in [0.4, 0.5) is 8.78 Å². The van der Waals surface area contributed by atoms with Crippen LogP contribution in [0, 0.1) is 24.0 Å². The molecular formula is C11H10F2. The van der Waals surface area contributed by atoms with Crippen LogP contribution in [0.15, 0.2) is 12.1 Å². The van der Waals surface area contributed by atoms with E-state index in [0.29, 0.717) is 5.56 Å². The van der Waals surface area contributed by atoms with Gasteiger partial charge in [0.1, 0.15) is 0 Å². The van der Waals surface area contributed by atoms with Crippen LogP contribution >= 0.6 is 0 Å². The third kappa shape index (κ3) is 1.86. The van der Waals surface area contributed by atoms with Gasteiger partial charge in [-0.15, -0.1) is 6.42 Å². The second-order valence-corrected chi connectivity index (χ2v) is 3.16. The van der Waals surface area contributed by atoms with E-state index in [1.807, 2.05) is 13.8 Å². The van der Waals surface area contributed by atoms with Crippen LogP contribution in [0.3, 0.4) is 0 Å². The van der Waals surface area contributed by atoms with Crippen LogP contribution in [0.2, 0.25) is 0 Å². The summed E-state index contributed by atoms with van der Waals surface area (Å²) >= 11 is 0. The van der Waals surface area contributed by atoms with E-state index >= 15 is 0 Å². The highest BCUT2D eigenvalue weighted by Crippen LogP contribution is 2.20. The average Bonchev–Trinajstić information content (AvgIpc) is 2.09. The van der Waals surface area contributed by atoms with Gasteiger partial charge in [0.15, 0.2) is 11.6 Å². The summed E-state index contributed by atoms with van der Waals surface area (Å²) in [5, 5.41) is 0. The third-order valence-electron chi connectivity index (χ3n) is 1.87. The summed E-state index contributed by atoms with van der Waals surface area (Å²) < 4.78 is 25.8. The lowest BCUT2D eigenvalue weighted by Crippen LogP contribution is -1.95. The predicted molar refractivity (Wildman–Crippen MR) is 48.4 cm³/mol. The summed E-state index contributed by atoms with van der Waals surface area (Å²) in [6, 6.07) is 2.68. The third-order valence-corrected chi connectivity index (χ3v) is 1.87. The van der Waals surface area contributed by atoms with Gasteiger partial charge in [-0.2, -0.15) is 0 Å². The first kappa shape index (κ1) is 9.73. The highest BCUT2D eigenvalue weighted by molar-refractivity contribution is 5.38. The lowest BCUT2D eigenvalue weighted by molar-refractivity contribution is 0.504. The number of terminal acetylenes is 1. The van der Waals surface area contributed by atoms with Gasteiger partial charge in [-0.1, -0.05) is 19.8 Å². The highest BCUT2D eigenvalue weighted by Gasteiger charge is 2.10. The minimum atomic E-state index is -0.938. The van der Waals surface area contributed by atoms with E-state index in [9.17, 15) is 8.78 Å². The van der Waals surface area contributed by atoms with Gasteiger partial charge in [-0.05, 0) is 23.6 Å². The molecule has 13 heavy (non-hydrogen) atoms. The Kier molecular flexibility index (Phi) is 2.67. The highest BCUT2D eigenvalue weighted by atomic mass is 19.2. The number of rotatable bonds is 1. The molecule has 1 rings (SSSR count). The van der Waals surface area contributed by atoms with E-state index in [-0.39, 0.29) is 11.5 Å². The molecule has 0 N–H and O–H groups in total. The molecule has 0 spiro atoms. The first-order valence-electron chi connectivity index (χ1n) is 4.01. The van der Waals surface area contributed by atoms with Crippen molar-refractivity contribution in [3.8, 4) is 12.3 Å². The molecule has 0 atom stereocenters. The smallest absolute Gasteiger partial charge is 0.174 e. The summed E-state index contributed by atoms with van der Waals surface area (Å²) in [6.45, 7) is 3.79. The van der Waals surface area contributed by atoms with Crippen molar-refractivity contribution in [2.24, 2.45) is 0 Å². The predicted octanol–water partition coefficient (Wildman–Crippen LogP) is 3.07. The Hall–Kier alpha value is -1.36. The van der Waals surface area contributed by atoms with Gasteiger partial charge < -0.3 is 0 Å². The van der Waals surface area contributed by atoms with Gasteiger partial charge in [0.25, 0.3) is 0 Å². The number of benzene rings is 1. The Balaban J connectivity index is 3.32. The summed E-state index contributed by atoms with van der Waals surface area (Å²) in [5.41, 5.74) is 0.704. The Bertz CT molecular complexity index is 359. The van der Waals surface area contributed by atoms with Crippen LogP contribution in [0.1, 0.15) is 30.9 Å². The normalized spacial score (nSPS) is 10.2. The van der Waals surface area contributed by atoms with E-state index in [0.717, 1.165) is 0 Å². The van der Waals surface area contributed by atoms with Crippen molar-refractivity contribution in [3.63, 3.8) is 0 Å². The maximum absolute atomic E-state index is 12.9. The summed E-state index contributed by atoms with van der Waals surface area (Å²) in [7, 11) is 0. The molecule has 0 amide bonds.